The molecule has 3 heterocycles. The van der Waals surface area contributed by atoms with Gasteiger partial charge in [-0.05, 0) is 81.1 Å². The fourth-order valence-corrected chi connectivity index (χ4v) is 5.70. The first kappa shape index (κ1) is 26.4. The largest absolute Gasteiger partial charge is 0.489 e. The van der Waals surface area contributed by atoms with E-state index in [1.807, 2.05) is 35.2 Å². The van der Waals surface area contributed by atoms with E-state index in [4.69, 9.17) is 22.1 Å². The summed E-state index contributed by atoms with van der Waals surface area (Å²) >= 11 is 6.18. The van der Waals surface area contributed by atoms with Gasteiger partial charge in [0.25, 0.3) is 5.91 Å². The SMILES string of the molecule is Cc1ccc(Cl)c(CCOc2cc(-c3ccc(C(=O)N4CCC(N5CCCC5)CC4)cc3)cnc2N)c1F. The summed E-state index contributed by atoms with van der Waals surface area (Å²) in [5, 5.41) is 0.377. The minimum Gasteiger partial charge on any atom is -0.489 e. The van der Waals surface area contributed by atoms with E-state index in [0.717, 1.165) is 37.1 Å². The summed E-state index contributed by atoms with van der Waals surface area (Å²) in [6.07, 6.45) is 6.68. The Hall–Kier alpha value is -3.16. The van der Waals surface area contributed by atoms with E-state index in [2.05, 4.69) is 9.88 Å². The number of hydrogen-bond acceptors (Lipinski definition) is 5. The monoisotopic (exact) mass is 536 g/mol. The van der Waals surface area contributed by atoms with E-state index in [1.54, 1.807) is 25.3 Å². The molecule has 2 fully saturated rings. The number of hydrogen-bond donors (Lipinski definition) is 1. The molecular formula is C30H34ClFN4O2. The maximum atomic E-state index is 14.4. The molecule has 2 aromatic carbocycles. The highest BCUT2D eigenvalue weighted by atomic mass is 35.5. The Morgan fingerprint density at radius 2 is 1.79 bits per heavy atom. The van der Waals surface area contributed by atoms with Gasteiger partial charge in [-0.2, -0.15) is 0 Å². The molecule has 1 amide bonds. The highest BCUT2D eigenvalue weighted by Gasteiger charge is 2.28. The molecule has 0 radical (unpaired) electrons. The van der Waals surface area contributed by atoms with Crippen LogP contribution < -0.4 is 10.5 Å². The van der Waals surface area contributed by atoms with Crippen LogP contribution in [0.1, 0.15) is 47.2 Å². The van der Waals surface area contributed by atoms with Crippen molar-refractivity contribution in [3.05, 3.63) is 76.2 Å². The molecular weight excluding hydrogens is 503 g/mol. The van der Waals surface area contributed by atoms with E-state index in [-0.39, 0.29) is 24.1 Å². The van der Waals surface area contributed by atoms with Gasteiger partial charge in [-0.15, -0.1) is 0 Å². The van der Waals surface area contributed by atoms with E-state index in [9.17, 15) is 9.18 Å². The maximum Gasteiger partial charge on any atom is 0.253 e. The number of carbonyl (C=O) groups excluding carboxylic acids is 1. The minimum absolute atomic E-state index is 0.0814. The van der Waals surface area contributed by atoms with Crippen LogP contribution in [0.2, 0.25) is 5.02 Å². The van der Waals surface area contributed by atoms with Crippen LogP contribution >= 0.6 is 11.6 Å². The van der Waals surface area contributed by atoms with Gasteiger partial charge in [0.05, 0.1) is 6.61 Å². The number of aryl methyl sites for hydroxylation is 1. The van der Waals surface area contributed by atoms with Gasteiger partial charge in [-0.3, -0.25) is 4.79 Å². The van der Waals surface area contributed by atoms with Crippen molar-refractivity contribution in [3.8, 4) is 16.9 Å². The lowest BCUT2D eigenvalue weighted by atomic mass is 10.0. The average molecular weight is 537 g/mol. The van der Waals surface area contributed by atoms with Gasteiger partial charge in [0.15, 0.2) is 11.6 Å². The Morgan fingerprint density at radius 1 is 1.08 bits per heavy atom. The molecule has 6 nitrogen and oxygen atoms in total. The van der Waals surface area contributed by atoms with Gasteiger partial charge < -0.3 is 20.3 Å². The van der Waals surface area contributed by atoms with Crippen LogP contribution in [0.5, 0.6) is 5.75 Å². The Balaban J connectivity index is 1.20. The molecule has 0 unspecified atom stereocenters. The van der Waals surface area contributed by atoms with Gasteiger partial charge in [0.2, 0.25) is 0 Å². The number of nitrogens with zero attached hydrogens (tertiary/aromatic N) is 3. The normalized spacial score (nSPS) is 16.7. The number of rotatable bonds is 7. The Morgan fingerprint density at radius 3 is 2.50 bits per heavy atom. The van der Waals surface area contributed by atoms with E-state index in [1.165, 1.54) is 25.9 Å². The standard InChI is InChI=1S/C30H34ClFN4O2/c1-20-4-9-26(31)25(28(20)32)12-17-38-27-18-23(19-34-29(27)33)21-5-7-22(8-6-21)30(37)36-15-10-24(11-16-36)35-13-2-3-14-35/h4-9,18-19,24H,2-3,10-17H2,1H3,(H2,33,34). The third kappa shape index (κ3) is 5.79. The summed E-state index contributed by atoms with van der Waals surface area (Å²) in [5.74, 6) is 0.450. The lowest BCUT2D eigenvalue weighted by Gasteiger charge is -2.36. The van der Waals surface area contributed by atoms with Crippen LogP contribution in [-0.4, -0.2) is 59.5 Å². The van der Waals surface area contributed by atoms with Crippen LogP contribution in [0.3, 0.4) is 0 Å². The Labute approximate surface area is 228 Å². The third-order valence-electron chi connectivity index (χ3n) is 7.74. The third-order valence-corrected chi connectivity index (χ3v) is 8.10. The molecule has 2 N–H and O–H groups in total. The number of nitrogen functional groups attached to an aromatic ring is 1. The highest BCUT2D eigenvalue weighted by molar-refractivity contribution is 6.31. The molecule has 1 aromatic heterocycles. The average Bonchev–Trinajstić information content (AvgIpc) is 3.49. The number of halogens is 2. The van der Waals surface area contributed by atoms with Crippen molar-refractivity contribution in [2.45, 2.75) is 45.1 Å². The van der Waals surface area contributed by atoms with Gasteiger partial charge in [-0.1, -0.05) is 29.8 Å². The molecule has 2 aliphatic heterocycles. The summed E-state index contributed by atoms with van der Waals surface area (Å²) in [6, 6.07) is 13.3. The molecule has 0 aliphatic carbocycles. The number of carbonyl (C=O) groups is 1. The lowest BCUT2D eigenvalue weighted by molar-refractivity contribution is 0.0644. The van der Waals surface area contributed by atoms with Crippen molar-refractivity contribution in [2.75, 3.05) is 38.5 Å². The molecule has 0 atom stereocenters. The summed E-state index contributed by atoms with van der Waals surface area (Å²) in [6.45, 7) is 5.93. The van der Waals surface area contributed by atoms with E-state index in [0.29, 0.717) is 39.9 Å². The molecule has 2 aliphatic rings. The second kappa shape index (κ2) is 11.7. The summed E-state index contributed by atoms with van der Waals surface area (Å²) in [4.78, 5) is 21.9. The van der Waals surface area contributed by atoms with E-state index < -0.39 is 0 Å². The second-order valence-corrected chi connectivity index (χ2v) is 10.6. The number of aromatic nitrogens is 1. The first-order valence-electron chi connectivity index (χ1n) is 13.4. The minimum atomic E-state index is -0.313. The highest BCUT2D eigenvalue weighted by Crippen LogP contribution is 2.29. The molecule has 2 saturated heterocycles. The predicted octanol–water partition coefficient (Wildman–Crippen LogP) is 5.75. The molecule has 200 valence electrons. The first-order valence-corrected chi connectivity index (χ1v) is 13.7. The number of anilines is 1. The molecule has 8 heteroatoms. The smallest absolute Gasteiger partial charge is 0.253 e. The number of piperidine rings is 1. The summed E-state index contributed by atoms with van der Waals surface area (Å²) < 4.78 is 20.3. The number of likely N-dealkylation sites (tertiary alicyclic amines) is 2. The zero-order valence-electron chi connectivity index (χ0n) is 21.8. The van der Waals surface area contributed by atoms with Gasteiger partial charge in [-0.25, -0.2) is 9.37 Å². The van der Waals surface area contributed by atoms with Gasteiger partial charge in [0, 0.05) is 53.5 Å². The van der Waals surface area contributed by atoms with Crippen molar-refractivity contribution < 1.29 is 13.9 Å². The zero-order valence-corrected chi connectivity index (χ0v) is 22.5. The topological polar surface area (TPSA) is 71.7 Å². The fourth-order valence-electron chi connectivity index (χ4n) is 5.46. The maximum absolute atomic E-state index is 14.4. The number of amides is 1. The quantitative estimate of drug-likeness (QED) is 0.416. The number of pyridine rings is 1. The second-order valence-electron chi connectivity index (χ2n) is 10.2. The van der Waals surface area contributed by atoms with Crippen molar-refractivity contribution in [1.82, 2.24) is 14.8 Å². The van der Waals surface area contributed by atoms with Crippen molar-refractivity contribution in [1.29, 1.82) is 0 Å². The molecule has 38 heavy (non-hydrogen) atoms. The number of ether oxygens (including phenoxy) is 1. The predicted molar refractivity (Wildman–Crippen MR) is 149 cm³/mol. The van der Waals surface area contributed by atoms with Gasteiger partial charge in [0.1, 0.15) is 5.82 Å². The Kier molecular flexibility index (Phi) is 8.15. The number of nitrogens with two attached hydrogens (primary N) is 1. The van der Waals surface area contributed by atoms with Crippen LogP contribution in [0.25, 0.3) is 11.1 Å². The van der Waals surface area contributed by atoms with Crippen LogP contribution in [-0.2, 0) is 6.42 Å². The molecule has 0 saturated carbocycles. The Bertz CT molecular complexity index is 1290. The number of benzene rings is 2. The van der Waals surface area contributed by atoms with Gasteiger partial charge >= 0.3 is 0 Å². The van der Waals surface area contributed by atoms with Crippen molar-refractivity contribution >= 4 is 23.3 Å². The summed E-state index contributed by atoms with van der Waals surface area (Å²) in [5.41, 5.74) is 9.41. The van der Waals surface area contributed by atoms with Crippen molar-refractivity contribution in [3.63, 3.8) is 0 Å². The van der Waals surface area contributed by atoms with Crippen molar-refractivity contribution in [2.24, 2.45) is 0 Å². The lowest BCUT2D eigenvalue weighted by Crippen LogP contribution is -2.45. The molecule has 5 rings (SSSR count). The fraction of sp³-hybridized carbons (Fsp3) is 0.400. The van der Waals surface area contributed by atoms with E-state index >= 15 is 0 Å². The molecule has 0 spiro atoms. The van der Waals surface area contributed by atoms with Crippen LogP contribution in [0.4, 0.5) is 10.2 Å². The zero-order chi connectivity index (χ0) is 26.6. The van der Waals surface area contributed by atoms with Crippen LogP contribution in [0.15, 0.2) is 48.7 Å². The molecule has 0 bridgehead atoms. The summed E-state index contributed by atoms with van der Waals surface area (Å²) in [7, 11) is 0. The van der Waals surface area contributed by atoms with Crippen LogP contribution in [0, 0.1) is 12.7 Å². The molecule has 3 aromatic rings. The first-order chi connectivity index (χ1) is 18.4.